The fraction of sp³-hybridized carbons (Fsp3) is 0. The summed E-state index contributed by atoms with van der Waals surface area (Å²) in [5.74, 6) is 0. The summed E-state index contributed by atoms with van der Waals surface area (Å²) >= 11 is -5.72. The average Bonchev–Trinajstić information content (AvgIpc) is 1.25. The molecule has 0 radical (unpaired) electrons. The molecule has 60 valence electrons. The van der Waals surface area contributed by atoms with Crippen LogP contribution in [0.25, 0.3) is 0 Å². The molecule has 0 spiro atoms. The number of rotatable bonds is 0. The Labute approximate surface area is 91.7 Å². The van der Waals surface area contributed by atoms with Crippen molar-refractivity contribution in [2.45, 2.75) is 0 Å². The summed E-state index contributed by atoms with van der Waals surface area (Å²) in [7, 11) is 0. The maximum atomic E-state index is 8.67. The maximum Gasteiger partial charge on any atom is 2.00 e. The summed E-state index contributed by atoms with van der Waals surface area (Å²) in [6.45, 7) is 0. The minimum atomic E-state index is -3.11. The second-order valence-corrected chi connectivity index (χ2v) is 1.30. The molecule has 0 unspecified atom stereocenters. The van der Waals surface area contributed by atoms with E-state index >= 15 is 0 Å². The van der Waals surface area contributed by atoms with E-state index in [1.165, 1.54) is 0 Å². The van der Waals surface area contributed by atoms with Crippen LogP contribution in [0.1, 0.15) is 0 Å². The number of hydrogen-bond acceptors (Lipinski definition) is 4. The van der Waals surface area contributed by atoms with Crippen LogP contribution in [0, 0.1) is 0 Å². The van der Waals surface area contributed by atoms with E-state index in [9.17, 15) is 0 Å². The minimum absolute atomic E-state index is 0. The normalized spacial score (nSPS) is 7.00. The van der Waals surface area contributed by atoms with Crippen molar-refractivity contribution in [1.82, 2.24) is 0 Å². The third-order valence-electron chi connectivity index (χ3n) is 0. The van der Waals surface area contributed by atoms with Gasteiger partial charge in [0, 0.05) is 0 Å². The molecule has 0 saturated heterocycles. The van der Waals surface area contributed by atoms with Crippen molar-refractivity contribution < 1.29 is 32.1 Å². The first-order valence-electron chi connectivity index (χ1n) is 1.03. The maximum absolute atomic E-state index is 8.67. The smallest absolute Gasteiger partial charge is 0.784 e. The van der Waals surface area contributed by atoms with E-state index in [4.69, 9.17) is 26.6 Å². The zero-order valence-corrected chi connectivity index (χ0v) is 8.39. The van der Waals surface area contributed by atoms with Crippen LogP contribution in [0.15, 0.2) is 0 Å². The summed E-state index contributed by atoms with van der Waals surface area (Å²) < 4.78 is 48.2. The molecule has 0 aliphatic carbocycles. The van der Waals surface area contributed by atoms with Crippen molar-refractivity contribution in [1.29, 1.82) is 0 Å². The summed E-state index contributed by atoms with van der Waals surface area (Å²) in [4.78, 5) is 0. The van der Waals surface area contributed by atoms with Crippen LogP contribution in [0.4, 0.5) is 0 Å². The molecule has 4 N–H and O–H groups in total. The van der Waals surface area contributed by atoms with Crippen LogP contribution in [0.2, 0.25) is 0 Å². The number of hydrogen-bond donors (Lipinski definition) is 2. The van der Waals surface area contributed by atoms with Gasteiger partial charge in [-0.2, -0.15) is 4.21 Å². The zero-order valence-electron chi connectivity index (χ0n) is 4.55. The Morgan fingerprint density at radius 3 is 1.10 bits per heavy atom. The first-order chi connectivity index (χ1) is 3.46. The molecular weight excluding hydrogens is 216 g/mol. The van der Waals surface area contributed by atoms with Gasteiger partial charge >= 0.3 is 37.7 Å². The van der Waals surface area contributed by atoms with Gasteiger partial charge in [0.1, 0.15) is 0 Å². The largest absolute Gasteiger partial charge is 2.00 e. The van der Waals surface area contributed by atoms with Crippen LogP contribution in [-0.4, -0.2) is 69.8 Å². The van der Waals surface area contributed by atoms with E-state index in [2.05, 4.69) is 0 Å². The van der Waals surface area contributed by atoms with Gasteiger partial charge in [-0.3, -0.25) is 13.3 Å². The molecule has 0 heterocycles. The Morgan fingerprint density at radius 1 is 1.10 bits per heavy atom. The Kier molecular flexibility index (Phi) is 37.7. The van der Waals surface area contributed by atoms with Gasteiger partial charge in [0.25, 0.3) is 11.4 Å². The van der Waals surface area contributed by atoms with Crippen molar-refractivity contribution in [3.05, 3.63) is 0 Å². The third-order valence-corrected chi connectivity index (χ3v) is 0. The Morgan fingerprint density at radius 2 is 1.10 bits per heavy atom. The van der Waals surface area contributed by atoms with Gasteiger partial charge in [-0.25, -0.2) is 0 Å². The van der Waals surface area contributed by atoms with Crippen molar-refractivity contribution in [2.24, 2.45) is 0 Å². The van der Waals surface area contributed by atoms with E-state index in [0.29, 0.717) is 0 Å². The molecular formula is H4CaO7S2. The molecule has 0 aliphatic heterocycles. The molecule has 10 heteroatoms. The minimum Gasteiger partial charge on any atom is -0.784 e. The van der Waals surface area contributed by atoms with E-state index in [1.807, 2.05) is 0 Å². The summed E-state index contributed by atoms with van der Waals surface area (Å²) in [5, 5.41) is 0. The average molecular weight is 220 g/mol. The second-order valence-electron chi connectivity index (χ2n) is 0.435. The van der Waals surface area contributed by atoms with Crippen molar-refractivity contribution in [3.8, 4) is 0 Å². The Balaban J connectivity index is -0.0000000300. The fourth-order valence-electron chi connectivity index (χ4n) is 0. The molecule has 0 fully saturated rings. The van der Waals surface area contributed by atoms with Gasteiger partial charge in [0.15, 0.2) is 0 Å². The van der Waals surface area contributed by atoms with Crippen LogP contribution >= 0.6 is 0 Å². The van der Waals surface area contributed by atoms with Gasteiger partial charge in [-0.15, -0.1) is 11.4 Å². The Bertz CT molecular complexity index is 69.6. The van der Waals surface area contributed by atoms with Crippen molar-refractivity contribution >= 4 is 60.5 Å². The van der Waals surface area contributed by atoms with Crippen LogP contribution in [0.3, 0.4) is 0 Å². The molecule has 0 aliphatic rings. The molecule has 0 saturated carbocycles. The zero-order chi connectivity index (χ0) is 7.15. The van der Waals surface area contributed by atoms with E-state index in [1.54, 1.807) is 0 Å². The molecule has 0 aromatic rings. The molecule has 0 amide bonds. The SMILES string of the molecule is O.O=S(O)O.O=S([O-])[O-].[Ca+2]. The summed E-state index contributed by atoms with van der Waals surface area (Å²) in [6, 6.07) is 0. The second kappa shape index (κ2) is 16.8. The molecule has 7 nitrogen and oxygen atoms in total. The van der Waals surface area contributed by atoms with Crippen LogP contribution in [0.5, 0.6) is 0 Å². The molecule has 0 atom stereocenters. The van der Waals surface area contributed by atoms with Crippen LogP contribution in [-0.2, 0) is 22.7 Å². The molecule has 0 aromatic heterocycles. The fourth-order valence-corrected chi connectivity index (χ4v) is 0. The van der Waals surface area contributed by atoms with E-state index in [-0.39, 0.29) is 43.2 Å². The molecule has 0 rings (SSSR count). The van der Waals surface area contributed by atoms with Gasteiger partial charge < -0.3 is 14.6 Å². The third kappa shape index (κ3) is 354. The summed E-state index contributed by atoms with van der Waals surface area (Å²) in [6.07, 6.45) is 0. The van der Waals surface area contributed by atoms with Crippen LogP contribution < -0.4 is 0 Å². The molecule has 0 bridgehead atoms. The van der Waals surface area contributed by atoms with Crippen molar-refractivity contribution in [3.63, 3.8) is 0 Å². The molecule has 10 heavy (non-hydrogen) atoms. The predicted octanol–water partition coefficient (Wildman–Crippen LogP) is -2.53. The first-order valence-corrected chi connectivity index (χ1v) is 3.10. The molecule has 0 aromatic carbocycles. The first kappa shape index (κ1) is 22.5. The van der Waals surface area contributed by atoms with Gasteiger partial charge in [0.2, 0.25) is 0 Å². The predicted molar refractivity (Wildman–Crippen MR) is 32.5 cm³/mol. The van der Waals surface area contributed by atoms with Gasteiger partial charge in [0.05, 0.1) is 0 Å². The van der Waals surface area contributed by atoms with Crippen molar-refractivity contribution in [2.75, 3.05) is 0 Å². The van der Waals surface area contributed by atoms with Gasteiger partial charge in [-0.05, 0) is 0 Å². The Hall–Kier alpha value is 1.36. The quantitative estimate of drug-likeness (QED) is 0.339. The topological polar surface area (TPSA) is 152 Å². The van der Waals surface area contributed by atoms with E-state index < -0.39 is 22.7 Å². The monoisotopic (exact) mass is 220 g/mol. The van der Waals surface area contributed by atoms with Gasteiger partial charge in [-0.1, -0.05) is 0 Å². The summed E-state index contributed by atoms with van der Waals surface area (Å²) in [5.41, 5.74) is 0. The standard InChI is InChI=1S/Ca.2H2O3S.H2O/c;2*1-4(2)3;/h;2*(H2,1,2,3);1H2/q+2;;;/p-2. The van der Waals surface area contributed by atoms with E-state index in [0.717, 1.165) is 0 Å².